The first-order valence-corrected chi connectivity index (χ1v) is 13.0. The van der Waals surface area contributed by atoms with E-state index in [-0.39, 0.29) is 17.6 Å². The van der Waals surface area contributed by atoms with Crippen LogP contribution in [-0.4, -0.2) is 31.1 Å². The number of nitrogens with zero attached hydrogens (tertiary/aromatic N) is 3. The van der Waals surface area contributed by atoms with Crippen molar-refractivity contribution in [3.05, 3.63) is 84.6 Å². The number of halogens is 1. The van der Waals surface area contributed by atoms with E-state index < -0.39 is 0 Å². The molecule has 1 aliphatic rings. The second-order valence-electron chi connectivity index (χ2n) is 10.2. The second-order valence-corrected chi connectivity index (χ2v) is 10.2. The number of carbonyl (C=O) groups excluding carboxylic acids is 1. The average molecular weight is 517 g/mol. The molecule has 4 aromatic heterocycles. The van der Waals surface area contributed by atoms with Crippen molar-refractivity contribution in [2.45, 2.75) is 26.2 Å². The van der Waals surface area contributed by atoms with Crippen LogP contribution in [0.4, 0.5) is 10.1 Å². The molecule has 1 aliphatic carbocycles. The average Bonchev–Trinajstić information content (AvgIpc) is 3.50. The van der Waals surface area contributed by atoms with Gasteiger partial charge in [-0.2, -0.15) is 5.10 Å². The van der Waals surface area contributed by atoms with Gasteiger partial charge in [0.25, 0.3) is 0 Å². The zero-order chi connectivity index (χ0) is 26.5. The van der Waals surface area contributed by atoms with Crippen LogP contribution in [0, 0.1) is 18.7 Å². The van der Waals surface area contributed by atoms with E-state index in [1.165, 1.54) is 6.07 Å². The number of benzene rings is 2. The minimum Gasteiger partial charge on any atom is -0.353 e. The maximum atomic E-state index is 14.2. The Morgan fingerprint density at radius 2 is 1.87 bits per heavy atom. The summed E-state index contributed by atoms with van der Waals surface area (Å²) in [5.41, 5.74) is 8.18. The van der Waals surface area contributed by atoms with Gasteiger partial charge in [-0.1, -0.05) is 24.6 Å². The number of aromatic nitrogens is 5. The zero-order valence-corrected chi connectivity index (χ0v) is 21.3. The van der Waals surface area contributed by atoms with Gasteiger partial charge in [-0.3, -0.25) is 19.9 Å². The second kappa shape index (κ2) is 9.16. The van der Waals surface area contributed by atoms with E-state index in [2.05, 4.69) is 36.5 Å². The number of fused-ring (bicyclic) bond motifs is 2. The Kier molecular flexibility index (Phi) is 5.47. The van der Waals surface area contributed by atoms with E-state index in [0.717, 1.165) is 80.4 Å². The number of anilines is 1. The van der Waals surface area contributed by atoms with Gasteiger partial charge in [0, 0.05) is 34.0 Å². The summed E-state index contributed by atoms with van der Waals surface area (Å²) in [7, 11) is 0. The molecule has 39 heavy (non-hydrogen) atoms. The van der Waals surface area contributed by atoms with Crippen LogP contribution in [0.2, 0.25) is 0 Å². The molecule has 1 amide bonds. The predicted molar refractivity (Wildman–Crippen MR) is 151 cm³/mol. The molecule has 0 saturated heterocycles. The van der Waals surface area contributed by atoms with Crippen molar-refractivity contribution < 1.29 is 9.18 Å². The van der Waals surface area contributed by atoms with E-state index in [1.807, 2.05) is 43.3 Å². The normalized spacial score (nSPS) is 13.6. The molecule has 0 unspecified atom stereocenters. The van der Waals surface area contributed by atoms with Crippen molar-refractivity contribution in [3.63, 3.8) is 0 Å². The number of aryl methyl sites for hydroxylation is 1. The SMILES string of the molecule is Cc1cc(F)cc(-c2cccc3[nH]c(-c4n[nH]c5cnc(-c6cncc(NC(=O)C7CCC7)c6)cc45)cc23)c1. The van der Waals surface area contributed by atoms with E-state index in [0.29, 0.717) is 5.69 Å². The monoisotopic (exact) mass is 516 g/mol. The molecule has 2 aromatic carbocycles. The van der Waals surface area contributed by atoms with Gasteiger partial charge in [-0.05, 0) is 72.9 Å². The Hall–Kier alpha value is -4.85. The summed E-state index contributed by atoms with van der Waals surface area (Å²) >= 11 is 0. The van der Waals surface area contributed by atoms with Crippen molar-refractivity contribution in [3.8, 4) is 33.8 Å². The van der Waals surface area contributed by atoms with Crippen LogP contribution in [0.25, 0.3) is 55.6 Å². The largest absolute Gasteiger partial charge is 0.353 e. The summed E-state index contributed by atoms with van der Waals surface area (Å²) in [6, 6.07) is 17.0. The number of rotatable bonds is 5. The first kappa shape index (κ1) is 23.3. The molecular formula is C31H25FN6O. The lowest BCUT2D eigenvalue weighted by molar-refractivity contribution is -0.122. The lowest BCUT2D eigenvalue weighted by atomic mass is 9.85. The van der Waals surface area contributed by atoms with E-state index >= 15 is 0 Å². The van der Waals surface area contributed by atoms with Crippen LogP contribution in [0.5, 0.6) is 0 Å². The van der Waals surface area contributed by atoms with Crippen molar-refractivity contribution in [2.75, 3.05) is 5.32 Å². The summed E-state index contributed by atoms with van der Waals surface area (Å²) < 4.78 is 14.2. The fourth-order valence-corrected chi connectivity index (χ4v) is 5.27. The Labute approximate surface area is 223 Å². The number of hydrogen-bond acceptors (Lipinski definition) is 4. The van der Waals surface area contributed by atoms with Gasteiger partial charge in [0.2, 0.25) is 5.91 Å². The molecule has 1 fully saturated rings. The number of carbonyl (C=O) groups is 1. The van der Waals surface area contributed by atoms with Gasteiger partial charge < -0.3 is 10.3 Å². The number of pyridine rings is 2. The molecule has 6 aromatic rings. The van der Waals surface area contributed by atoms with Crippen LogP contribution in [0.1, 0.15) is 24.8 Å². The topological polar surface area (TPSA) is 99.3 Å². The summed E-state index contributed by atoms with van der Waals surface area (Å²) in [5.74, 6) is -0.108. The minimum absolute atomic E-state index is 0.0484. The minimum atomic E-state index is -0.253. The third kappa shape index (κ3) is 4.24. The van der Waals surface area contributed by atoms with E-state index in [4.69, 9.17) is 0 Å². The number of aromatic amines is 2. The quantitative estimate of drug-likeness (QED) is 0.229. The van der Waals surface area contributed by atoms with Crippen LogP contribution < -0.4 is 5.32 Å². The lowest BCUT2D eigenvalue weighted by Gasteiger charge is -2.24. The molecule has 0 atom stereocenters. The Morgan fingerprint density at radius 1 is 0.974 bits per heavy atom. The highest BCUT2D eigenvalue weighted by atomic mass is 19.1. The molecule has 192 valence electrons. The van der Waals surface area contributed by atoms with E-state index in [9.17, 15) is 9.18 Å². The molecule has 0 aliphatic heterocycles. The van der Waals surface area contributed by atoms with Crippen LogP contribution in [0.15, 0.2) is 73.2 Å². The highest BCUT2D eigenvalue weighted by molar-refractivity contribution is 6.01. The summed E-state index contributed by atoms with van der Waals surface area (Å²) in [6.07, 6.45) is 8.14. The predicted octanol–water partition coefficient (Wildman–Crippen LogP) is 7.02. The number of amides is 1. The molecule has 3 N–H and O–H groups in total. The number of hydrogen-bond donors (Lipinski definition) is 3. The fourth-order valence-electron chi connectivity index (χ4n) is 5.27. The van der Waals surface area contributed by atoms with Gasteiger partial charge in [0.15, 0.2) is 0 Å². The standard InChI is InChI=1S/C31H25FN6O/c1-17-8-19(10-21(32)9-17)23-6-3-7-26-24(23)12-28(36-26)30-25-13-27(34-16-29(25)37-38-30)20-11-22(15-33-14-20)35-31(39)18-4-2-5-18/h3,6-16,18,36H,2,4-5H2,1H3,(H,35,39)(H,37,38). The summed E-state index contributed by atoms with van der Waals surface area (Å²) in [5, 5.41) is 12.5. The van der Waals surface area contributed by atoms with Crippen molar-refractivity contribution in [1.82, 2.24) is 25.1 Å². The highest BCUT2D eigenvalue weighted by Crippen LogP contribution is 2.35. The third-order valence-corrected chi connectivity index (χ3v) is 7.50. The van der Waals surface area contributed by atoms with Crippen molar-refractivity contribution in [2.24, 2.45) is 5.92 Å². The maximum absolute atomic E-state index is 14.2. The molecular weight excluding hydrogens is 491 g/mol. The van der Waals surface area contributed by atoms with Gasteiger partial charge in [-0.15, -0.1) is 0 Å². The van der Waals surface area contributed by atoms with E-state index in [1.54, 1.807) is 24.7 Å². The first-order valence-electron chi connectivity index (χ1n) is 13.0. The summed E-state index contributed by atoms with van der Waals surface area (Å²) in [6.45, 7) is 1.89. The smallest absolute Gasteiger partial charge is 0.227 e. The molecule has 8 heteroatoms. The maximum Gasteiger partial charge on any atom is 0.227 e. The van der Waals surface area contributed by atoms with Crippen LogP contribution >= 0.6 is 0 Å². The third-order valence-electron chi connectivity index (χ3n) is 7.50. The molecule has 0 spiro atoms. The molecule has 0 radical (unpaired) electrons. The number of nitrogens with one attached hydrogen (secondary N) is 3. The Balaban J connectivity index is 1.27. The Bertz CT molecular complexity index is 1860. The molecule has 4 heterocycles. The Morgan fingerprint density at radius 3 is 2.69 bits per heavy atom. The van der Waals surface area contributed by atoms with Gasteiger partial charge in [0.05, 0.1) is 35.0 Å². The van der Waals surface area contributed by atoms with Gasteiger partial charge in [0.1, 0.15) is 11.5 Å². The van der Waals surface area contributed by atoms with Gasteiger partial charge >= 0.3 is 0 Å². The first-order chi connectivity index (χ1) is 19.0. The lowest BCUT2D eigenvalue weighted by Crippen LogP contribution is -2.28. The molecule has 0 bridgehead atoms. The van der Waals surface area contributed by atoms with Gasteiger partial charge in [-0.25, -0.2) is 4.39 Å². The molecule has 7 rings (SSSR count). The van der Waals surface area contributed by atoms with Crippen molar-refractivity contribution in [1.29, 1.82) is 0 Å². The molecule has 1 saturated carbocycles. The molecule has 7 nitrogen and oxygen atoms in total. The zero-order valence-electron chi connectivity index (χ0n) is 21.3. The van der Waals surface area contributed by atoms with Crippen molar-refractivity contribution >= 4 is 33.4 Å². The highest BCUT2D eigenvalue weighted by Gasteiger charge is 2.25. The van der Waals surface area contributed by atoms with Crippen LogP contribution in [0.3, 0.4) is 0 Å². The summed E-state index contributed by atoms with van der Waals surface area (Å²) in [4.78, 5) is 24.8. The van der Waals surface area contributed by atoms with Crippen LogP contribution in [-0.2, 0) is 4.79 Å². The fraction of sp³-hybridized carbons (Fsp3) is 0.161. The number of H-pyrrole nitrogens is 2.